The maximum Gasteiger partial charge on any atom is 0.167 e. The monoisotopic (exact) mass is 337 g/mol. The standard InChI is InChI=1S/C16H13ClFNO2S/c1-10-8-16(20)14-9-12(18)4-7-15(14)19(10)22(21)13-5-2-11(17)3-6-13/h2-7,9-10H,8H2,1H3. The van der Waals surface area contributed by atoms with Crippen molar-refractivity contribution in [2.45, 2.75) is 24.3 Å². The molecule has 2 atom stereocenters. The van der Waals surface area contributed by atoms with E-state index in [1.54, 1.807) is 28.6 Å². The molecular weight excluding hydrogens is 325 g/mol. The second kappa shape index (κ2) is 5.82. The molecule has 0 fully saturated rings. The predicted molar refractivity (Wildman–Crippen MR) is 85.1 cm³/mol. The molecule has 0 amide bonds. The predicted octanol–water partition coefficient (Wildman–Crippen LogP) is 3.98. The van der Waals surface area contributed by atoms with Crippen molar-refractivity contribution in [1.82, 2.24) is 0 Å². The van der Waals surface area contributed by atoms with Gasteiger partial charge >= 0.3 is 0 Å². The molecule has 0 saturated carbocycles. The van der Waals surface area contributed by atoms with Crippen LogP contribution in [0.15, 0.2) is 47.4 Å². The summed E-state index contributed by atoms with van der Waals surface area (Å²) in [7, 11) is -1.49. The first kappa shape index (κ1) is 15.2. The van der Waals surface area contributed by atoms with Crippen LogP contribution in [0.25, 0.3) is 0 Å². The lowest BCUT2D eigenvalue weighted by atomic mass is 9.97. The third-order valence-corrected chi connectivity index (χ3v) is 5.41. The molecule has 6 heteroatoms. The smallest absolute Gasteiger partial charge is 0.167 e. The van der Waals surface area contributed by atoms with Gasteiger partial charge in [0.1, 0.15) is 5.82 Å². The normalized spacial score (nSPS) is 19.0. The largest absolute Gasteiger partial charge is 0.294 e. The molecule has 1 heterocycles. The summed E-state index contributed by atoms with van der Waals surface area (Å²) in [6.45, 7) is 1.83. The Hall–Kier alpha value is -1.72. The molecule has 1 aliphatic rings. The number of Topliss-reactive ketones (excluding diaryl/α,β-unsaturated/α-hetero) is 1. The first-order chi connectivity index (χ1) is 10.5. The molecule has 3 nitrogen and oxygen atoms in total. The van der Waals surface area contributed by atoms with Crippen molar-refractivity contribution in [3.63, 3.8) is 0 Å². The first-order valence-corrected chi connectivity index (χ1v) is 8.25. The Labute approximate surface area is 135 Å². The average molecular weight is 338 g/mol. The molecule has 114 valence electrons. The zero-order valence-corrected chi connectivity index (χ0v) is 13.3. The number of rotatable bonds is 2. The fourth-order valence-electron chi connectivity index (χ4n) is 2.54. The number of carbonyl (C=O) groups is 1. The SMILES string of the molecule is CC1CC(=O)c2cc(F)ccc2N1S(=O)c1ccc(Cl)cc1. The highest BCUT2D eigenvalue weighted by Crippen LogP contribution is 2.34. The van der Waals surface area contributed by atoms with Gasteiger partial charge in [0.2, 0.25) is 0 Å². The molecule has 0 aliphatic carbocycles. The zero-order valence-electron chi connectivity index (χ0n) is 11.8. The molecule has 0 N–H and O–H groups in total. The molecular formula is C16H13ClFNO2S. The number of carbonyl (C=O) groups excluding carboxylic acids is 1. The molecule has 22 heavy (non-hydrogen) atoms. The lowest BCUT2D eigenvalue weighted by Gasteiger charge is -2.34. The van der Waals surface area contributed by atoms with Crippen LogP contribution in [0.4, 0.5) is 10.1 Å². The lowest BCUT2D eigenvalue weighted by Crippen LogP contribution is -2.40. The molecule has 0 aromatic heterocycles. The third-order valence-electron chi connectivity index (χ3n) is 3.57. The van der Waals surface area contributed by atoms with Crippen molar-refractivity contribution >= 4 is 34.1 Å². The van der Waals surface area contributed by atoms with Gasteiger partial charge in [-0.2, -0.15) is 0 Å². The molecule has 1 aliphatic heterocycles. The van der Waals surface area contributed by atoms with Gasteiger partial charge in [-0.05, 0) is 49.4 Å². The molecule has 0 radical (unpaired) electrons. The van der Waals surface area contributed by atoms with E-state index in [4.69, 9.17) is 11.6 Å². The van der Waals surface area contributed by atoms with Gasteiger partial charge in [0.25, 0.3) is 0 Å². The summed E-state index contributed by atoms with van der Waals surface area (Å²) < 4.78 is 27.9. The van der Waals surface area contributed by atoms with E-state index in [0.717, 1.165) is 0 Å². The molecule has 0 bridgehead atoms. The van der Waals surface area contributed by atoms with E-state index in [2.05, 4.69) is 0 Å². The number of hydrogen-bond donors (Lipinski definition) is 0. The summed E-state index contributed by atoms with van der Waals surface area (Å²) in [5.41, 5.74) is 0.777. The average Bonchev–Trinajstić information content (AvgIpc) is 2.48. The highest BCUT2D eigenvalue weighted by atomic mass is 35.5. The number of fused-ring (bicyclic) bond motifs is 1. The Morgan fingerprint density at radius 1 is 1.23 bits per heavy atom. The topological polar surface area (TPSA) is 37.4 Å². The van der Waals surface area contributed by atoms with E-state index < -0.39 is 16.8 Å². The van der Waals surface area contributed by atoms with Crippen molar-refractivity contribution in [2.24, 2.45) is 0 Å². The van der Waals surface area contributed by atoms with Crippen molar-refractivity contribution in [3.8, 4) is 0 Å². The number of hydrogen-bond acceptors (Lipinski definition) is 2. The summed E-state index contributed by atoms with van der Waals surface area (Å²) in [6.07, 6.45) is 0.204. The minimum Gasteiger partial charge on any atom is -0.294 e. The molecule has 0 spiro atoms. The van der Waals surface area contributed by atoms with E-state index in [1.807, 2.05) is 6.92 Å². The second-order valence-electron chi connectivity index (χ2n) is 5.17. The van der Waals surface area contributed by atoms with Gasteiger partial charge in [-0.1, -0.05) is 11.6 Å². The quantitative estimate of drug-likeness (QED) is 0.831. The minimum atomic E-state index is -1.49. The first-order valence-electron chi connectivity index (χ1n) is 6.77. The van der Waals surface area contributed by atoms with Gasteiger partial charge < -0.3 is 0 Å². The van der Waals surface area contributed by atoms with Crippen molar-refractivity contribution in [2.75, 3.05) is 4.31 Å². The number of anilines is 1. The Bertz CT molecular complexity index is 763. The molecule has 2 aromatic rings. The summed E-state index contributed by atoms with van der Waals surface area (Å²) >= 11 is 5.85. The van der Waals surface area contributed by atoms with E-state index in [0.29, 0.717) is 15.6 Å². The number of nitrogens with zero attached hydrogens (tertiary/aromatic N) is 1. The number of halogens is 2. The fraction of sp³-hybridized carbons (Fsp3) is 0.188. The Morgan fingerprint density at radius 3 is 2.59 bits per heavy atom. The van der Waals surface area contributed by atoms with Gasteiger partial charge in [0.05, 0.1) is 10.6 Å². The van der Waals surface area contributed by atoms with E-state index in [-0.39, 0.29) is 23.8 Å². The summed E-state index contributed by atoms with van der Waals surface area (Å²) in [6, 6.07) is 10.5. The zero-order chi connectivity index (χ0) is 15.9. The van der Waals surface area contributed by atoms with Crippen molar-refractivity contribution in [1.29, 1.82) is 0 Å². The second-order valence-corrected chi connectivity index (χ2v) is 6.97. The van der Waals surface area contributed by atoms with Crippen LogP contribution in [0, 0.1) is 5.82 Å². The molecule has 3 rings (SSSR count). The van der Waals surface area contributed by atoms with Crippen LogP contribution in [0.2, 0.25) is 5.02 Å². The Kier molecular flexibility index (Phi) is 4.02. The summed E-state index contributed by atoms with van der Waals surface area (Å²) in [5, 5.41) is 0.560. The molecule has 0 saturated heterocycles. The molecule has 2 aromatic carbocycles. The highest BCUT2D eigenvalue weighted by Gasteiger charge is 2.33. The van der Waals surface area contributed by atoms with Crippen molar-refractivity contribution < 1.29 is 13.4 Å². The summed E-state index contributed by atoms with van der Waals surface area (Å²) in [4.78, 5) is 12.7. The minimum absolute atomic E-state index is 0.133. The van der Waals surface area contributed by atoms with Gasteiger partial charge in [-0.3, -0.25) is 9.10 Å². The number of benzene rings is 2. The molecule has 2 unspecified atom stereocenters. The van der Waals surface area contributed by atoms with Crippen LogP contribution < -0.4 is 4.31 Å². The summed E-state index contributed by atoms with van der Waals surface area (Å²) in [5.74, 6) is -0.606. The van der Waals surface area contributed by atoms with E-state index >= 15 is 0 Å². The maximum absolute atomic E-state index is 13.4. The van der Waals surface area contributed by atoms with Crippen LogP contribution in [0.5, 0.6) is 0 Å². The van der Waals surface area contributed by atoms with Gasteiger partial charge in [-0.25, -0.2) is 8.60 Å². The maximum atomic E-state index is 13.4. The van der Waals surface area contributed by atoms with Gasteiger partial charge in [-0.15, -0.1) is 0 Å². The van der Waals surface area contributed by atoms with Crippen LogP contribution in [0.3, 0.4) is 0 Å². The van der Waals surface area contributed by atoms with Crippen LogP contribution in [0.1, 0.15) is 23.7 Å². The van der Waals surface area contributed by atoms with E-state index in [9.17, 15) is 13.4 Å². The fourth-order valence-corrected chi connectivity index (χ4v) is 4.00. The van der Waals surface area contributed by atoms with Crippen molar-refractivity contribution in [3.05, 3.63) is 58.9 Å². The van der Waals surface area contributed by atoms with Crippen LogP contribution >= 0.6 is 11.6 Å². The van der Waals surface area contributed by atoms with Crippen LogP contribution in [-0.2, 0) is 11.0 Å². The number of ketones is 1. The van der Waals surface area contributed by atoms with Crippen LogP contribution in [-0.4, -0.2) is 16.0 Å². The Balaban J connectivity index is 2.06. The highest BCUT2D eigenvalue weighted by molar-refractivity contribution is 7.86. The Morgan fingerprint density at radius 2 is 1.91 bits per heavy atom. The van der Waals surface area contributed by atoms with Gasteiger partial charge in [0, 0.05) is 23.0 Å². The third kappa shape index (κ3) is 2.66. The lowest BCUT2D eigenvalue weighted by molar-refractivity contribution is 0.0971. The van der Waals surface area contributed by atoms with Gasteiger partial charge in [0.15, 0.2) is 16.8 Å². The van der Waals surface area contributed by atoms with E-state index in [1.165, 1.54) is 18.2 Å².